The lowest BCUT2D eigenvalue weighted by atomic mass is 9.88. The number of halogens is 4. The van der Waals surface area contributed by atoms with Gasteiger partial charge in [-0.3, -0.25) is 9.78 Å². The van der Waals surface area contributed by atoms with Gasteiger partial charge in [0.2, 0.25) is 0 Å². The highest BCUT2D eigenvalue weighted by Gasteiger charge is 2.47. The van der Waals surface area contributed by atoms with Crippen LogP contribution in [-0.4, -0.2) is 39.7 Å². The Kier molecular flexibility index (Phi) is 7.91. The first-order valence-electron chi connectivity index (χ1n) is 13.3. The first-order chi connectivity index (χ1) is 19.8. The Bertz CT molecular complexity index is 1660. The minimum absolute atomic E-state index is 0.124. The standard InChI is InChI=1S/C31H29ClF3N3O4/c1-30(2,40)22-13-24(38-27(25(22)32)16-4-8-21(33)9-5-16)31(41,20-6-7-20)15-37-29(39)18-10-17-11-19(28(34)35)14-36-26(17)23(12-18)42-3/h4-5,8-14,20,28,40-41H,6-7,15H2,1-3H3,(H,37,39). The Hall–Kier alpha value is -3.73. The van der Waals surface area contributed by atoms with Crippen molar-refractivity contribution in [2.75, 3.05) is 13.7 Å². The van der Waals surface area contributed by atoms with E-state index in [4.69, 9.17) is 16.3 Å². The number of carbonyl (C=O) groups excluding carboxylic acids is 1. The molecule has 5 rings (SSSR count). The number of nitrogens with zero attached hydrogens (tertiary/aromatic N) is 2. The molecule has 0 spiro atoms. The van der Waals surface area contributed by atoms with Crippen LogP contribution in [0.5, 0.6) is 5.75 Å². The third-order valence-corrected chi connectivity index (χ3v) is 7.84. The van der Waals surface area contributed by atoms with Crippen molar-refractivity contribution in [1.29, 1.82) is 0 Å². The molecule has 0 bridgehead atoms. The normalized spacial score (nSPS) is 15.1. The van der Waals surface area contributed by atoms with Gasteiger partial charge in [0.1, 0.15) is 22.7 Å². The molecule has 2 aromatic heterocycles. The number of alkyl halides is 2. The van der Waals surface area contributed by atoms with E-state index in [1.165, 1.54) is 55.6 Å². The Morgan fingerprint density at radius 1 is 1.14 bits per heavy atom. The van der Waals surface area contributed by atoms with Crippen molar-refractivity contribution in [2.45, 2.75) is 44.3 Å². The van der Waals surface area contributed by atoms with Gasteiger partial charge in [0.25, 0.3) is 12.3 Å². The molecule has 42 heavy (non-hydrogen) atoms. The number of aromatic nitrogens is 2. The topological polar surface area (TPSA) is 105 Å². The van der Waals surface area contributed by atoms with E-state index in [1.807, 2.05) is 0 Å². The third kappa shape index (κ3) is 5.79. The Labute approximate surface area is 245 Å². The van der Waals surface area contributed by atoms with Crippen LogP contribution in [0.4, 0.5) is 13.2 Å². The van der Waals surface area contributed by atoms with E-state index in [2.05, 4.69) is 15.3 Å². The smallest absolute Gasteiger partial charge is 0.265 e. The number of pyridine rings is 2. The summed E-state index contributed by atoms with van der Waals surface area (Å²) < 4.78 is 45.6. The molecule has 11 heteroatoms. The van der Waals surface area contributed by atoms with Gasteiger partial charge in [0, 0.05) is 33.8 Å². The van der Waals surface area contributed by atoms with Crippen LogP contribution in [0.25, 0.3) is 22.2 Å². The van der Waals surface area contributed by atoms with E-state index >= 15 is 0 Å². The summed E-state index contributed by atoms with van der Waals surface area (Å²) >= 11 is 6.67. The van der Waals surface area contributed by atoms with Gasteiger partial charge < -0.3 is 20.3 Å². The quantitative estimate of drug-likeness (QED) is 0.209. The molecule has 1 unspecified atom stereocenters. The van der Waals surface area contributed by atoms with E-state index in [-0.39, 0.29) is 45.7 Å². The van der Waals surface area contributed by atoms with Crippen LogP contribution >= 0.6 is 11.6 Å². The molecule has 1 aliphatic carbocycles. The van der Waals surface area contributed by atoms with Gasteiger partial charge in [0.05, 0.1) is 35.7 Å². The van der Waals surface area contributed by atoms with Crippen molar-refractivity contribution in [3.63, 3.8) is 0 Å². The molecular weight excluding hydrogens is 571 g/mol. The van der Waals surface area contributed by atoms with Gasteiger partial charge in [-0.1, -0.05) is 11.6 Å². The van der Waals surface area contributed by atoms with Crippen LogP contribution in [0.3, 0.4) is 0 Å². The van der Waals surface area contributed by atoms with Crippen molar-refractivity contribution in [2.24, 2.45) is 5.92 Å². The number of rotatable bonds is 9. The third-order valence-electron chi connectivity index (χ3n) is 7.45. The van der Waals surface area contributed by atoms with Gasteiger partial charge in [-0.2, -0.15) is 0 Å². The molecule has 4 aromatic rings. The maximum absolute atomic E-state index is 13.6. The largest absolute Gasteiger partial charge is 0.494 e. The number of hydrogen-bond donors (Lipinski definition) is 3. The Morgan fingerprint density at radius 2 is 1.83 bits per heavy atom. The molecule has 0 aliphatic heterocycles. The second kappa shape index (κ2) is 11.2. The zero-order valence-corrected chi connectivity index (χ0v) is 23.8. The summed E-state index contributed by atoms with van der Waals surface area (Å²) in [6.07, 6.45) is -0.329. The molecule has 7 nitrogen and oxygen atoms in total. The lowest BCUT2D eigenvalue weighted by Gasteiger charge is -2.31. The van der Waals surface area contributed by atoms with Gasteiger partial charge in [-0.25, -0.2) is 18.2 Å². The maximum Gasteiger partial charge on any atom is 0.265 e. The van der Waals surface area contributed by atoms with E-state index in [0.29, 0.717) is 34.9 Å². The fourth-order valence-corrected chi connectivity index (χ4v) is 5.39. The van der Waals surface area contributed by atoms with Crippen LogP contribution in [0.1, 0.15) is 60.3 Å². The van der Waals surface area contributed by atoms with E-state index in [0.717, 1.165) is 6.20 Å². The summed E-state index contributed by atoms with van der Waals surface area (Å²) in [5.41, 5.74) is -1.67. The zero-order chi connectivity index (χ0) is 30.4. The number of ether oxygens (including phenoxy) is 1. The molecular formula is C31H29ClF3N3O4. The van der Waals surface area contributed by atoms with E-state index in [9.17, 15) is 28.2 Å². The van der Waals surface area contributed by atoms with Crippen molar-refractivity contribution < 1.29 is 32.9 Å². The zero-order valence-electron chi connectivity index (χ0n) is 23.1. The molecule has 0 saturated heterocycles. The monoisotopic (exact) mass is 599 g/mol. The first-order valence-corrected chi connectivity index (χ1v) is 13.7. The average molecular weight is 600 g/mol. The summed E-state index contributed by atoms with van der Waals surface area (Å²) in [6, 6.07) is 11.2. The number of nitrogens with one attached hydrogen (secondary N) is 1. The second-order valence-corrected chi connectivity index (χ2v) is 11.4. The second-order valence-electron chi connectivity index (χ2n) is 11.0. The fraction of sp³-hybridized carbons (Fsp3) is 0.323. The number of hydrogen-bond acceptors (Lipinski definition) is 6. The molecule has 1 aliphatic rings. The number of aliphatic hydroxyl groups is 2. The SMILES string of the molecule is COc1cc(C(=O)NCC(O)(c2cc(C(C)(C)O)c(Cl)c(-c3ccc(F)cc3)n2)C2CC2)cc2cc(C(F)F)cnc12. The lowest BCUT2D eigenvalue weighted by molar-refractivity contribution is 0.00889. The van der Waals surface area contributed by atoms with Crippen molar-refractivity contribution in [1.82, 2.24) is 15.3 Å². The predicted molar refractivity (Wildman–Crippen MR) is 152 cm³/mol. The van der Waals surface area contributed by atoms with Gasteiger partial charge >= 0.3 is 0 Å². The highest BCUT2D eigenvalue weighted by Crippen LogP contribution is 2.47. The Morgan fingerprint density at radius 3 is 2.43 bits per heavy atom. The average Bonchev–Trinajstić information content (AvgIpc) is 3.81. The number of benzene rings is 2. The van der Waals surface area contributed by atoms with Gasteiger partial charge in [0.15, 0.2) is 0 Å². The number of methoxy groups -OCH3 is 1. The molecule has 1 atom stereocenters. The summed E-state index contributed by atoms with van der Waals surface area (Å²) in [5, 5.41) is 26.1. The summed E-state index contributed by atoms with van der Waals surface area (Å²) in [6.45, 7) is 2.85. The molecule has 220 valence electrons. The van der Waals surface area contributed by atoms with Crippen molar-refractivity contribution in [3.05, 3.63) is 88.0 Å². The van der Waals surface area contributed by atoms with Crippen LogP contribution in [0.2, 0.25) is 5.02 Å². The molecule has 1 amide bonds. The first kappa shape index (κ1) is 29.8. The maximum atomic E-state index is 13.6. The molecule has 2 aromatic carbocycles. The minimum atomic E-state index is -2.74. The van der Waals surface area contributed by atoms with Crippen molar-refractivity contribution >= 4 is 28.4 Å². The minimum Gasteiger partial charge on any atom is -0.494 e. The van der Waals surface area contributed by atoms with E-state index < -0.39 is 29.4 Å². The summed E-state index contributed by atoms with van der Waals surface area (Å²) in [5.74, 6) is -1.04. The van der Waals surface area contributed by atoms with E-state index in [1.54, 1.807) is 13.8 Å². The molecule has 0 radical (unpaired) electrons. The van der Waals surface area contributed by atoms with Crippen LogP contribution in [-0.2, 0) is 11.2 Å². The molecule has 1 fully saturated rings. The van der Waals surface area contributed by atoms with Gasteiger partial charge in [-0.15, -0.1) is 0 Å². The van der Waals surface area contributed by atoms with Gasteiger partial charge in [-0.05, 0) is 81.1 Å². The lowest BCUT2D eigenvalue weighted by Crippen LogP contribution is -2.43. The predicted octanol–water partition coefficient (Wildman–Crippen LogP) is 6.29. The highest BCUT2D eigenvalue weighted by molar-refractivity contribution is 6.34. The summed E-state index contributed by atoms with van der Waals surface area (Å²) in [7, 11) is 1.39. The fourth-order valence-electron chi connectivity index (χ4n) is 4.96. The number of amides is 1. The highest BCUT2D eigenvalue weighted by atomic mass is 35.5. The molecule has 3 N–H and O–H groups in total. The number of carbonyl (C=O) groups is 1. The molecule has 2 heterocycles. The van der Waals surface area contributed by atoms with Crippen LogP contribution < -0.4 is 10.1 Å². The molecule has 1 saturated carbocycles. The van der Waals surface area contributed by atoms with Crippen LogP contribution in [0.15, 0.2) is 54.7 Å². The summed E-state index contributed by atoms with van der Waals surface area (Å²) in [4.78, 5) is 22.1. The number of fused-ring (bicyclic) bond motifs is 1. The Balaban J connectivity index is 1.52. The van der Waals surface area contributed by atoms with Crippen LogP contribution in [0, 0.1) is 11.7 Å². The van der Waals surface area contributed by atoms with Crippen molar-refractivity contribution in [3.8, 4) is 17.0 Å².